The molecular formula is C14H9N3S. The number of anilines is 2. The number of nitrogens with one attached hydrogen (secondary N) is 1. The third-order valence-electron chi connectivity index (χ3n) is 2.66. The van der Waals surface area contributed by atoms with Crippen molar-refractivity contribution in [3.63, 3.8) is 0 Å². The van der Waals surface area contributed by atoms with Crippen LogP contribution in [0.25, 0.3) is 10.2 Å². The molecule has 1 N–H and O–H groups in total. The monoisotopic (exact) mass is 251 g/mol. The molecule has 0 amide bonds. The van der Waals surface area contributed by atoms with E-state index in [0.717, 1.165) is 21.6 Å². The summed E-state index contributed by atoms with van der Waals surface area (Å²) in [4.78, 5) is 5.21. The lowest BCUT2D eigenvalue weighted by Crippen LogP contribution is -1.95. The molecule has 0 aliphatic carbocycles. The number of fused-ring (bicyclic) bond motifs is 1. The second-order valence-electron chi connectivity index (χ2n) is 3.79. The number of thiophene rings is 1. The molecule has 86 valence electrons. The smallest absolute Gasteiger partial charge is 0.125 e. The fourth-order valence-electron chi connectivity index (χ4n) is 1.81. The van der Waals surface area contributed by atoms with E-state index in [1.807, 2.05) is 41.8 Å². The average molecular weight is 251 g/mol. The van der Waals surface area contributed by atoms with Gasteiger partial charge in [-0.15, -0.1) is 11.3 Å². The minimum Gasteiger partial charge on any atom is -0.354 e. The Morgan fingerprint density at radius 3 is 2.78 bits per heavy atom. The van der Waals surface area contributed by atoms with Gasteiger partial charge in [0, 0.05) is 17.3 Å². The molecule has 0 saturated carbocycles. The van der Waals surface area contributed by atoms with E-state index < -0.39 is 0 Å². The van der Waals surface area contributed by atoms with Crippen LogP contribution in [0.3, 0.4) is 0 Å². The third kappa shape index (κ3) is 1.81. The molecule has 0 saturated heterocycles. The summed E-state index contributed by atoms with van der Waals surface area (Å²) in [5, 5.41) is 15.4. The maximum absolute atomic E-state index is 9.17. The molecule has 0 atom stereocenters. The molecule has 3 aromatic rings. The van der Waals surface area contributed by atoms with Gasteiger partial charge in [0.2, 0.25) is 0 Å². The van der Waals surface area contributed by atoms with Gasteiger partial charge >= 0.3 is 0 Å². The SMILES string of the molecule is N#Cc1cnc2sccc2c1Nc1ccccc1. The Hall–Kier alpha value is -2.38. The number of benzene rings is 1. The highest BCUT2D eigenvalue weighted by molar-refractivity contribution is 7.16. The Balaban J connectivity index is 2.15. The van der Waals surface area contributed by atoms with E-state index in [2.05, 4.69) is 16.4 Å². The van der Waals surface area contributed by atoms with Crippen molar-refractivity contribution in [2.24, 2.45) is 0 Å². The number of nitriles is 1. The van der Waals surface area contributed by atoms with Crippen molar-refractivity contribution in [3.8, 4) is 6.07 Å². The van der Waals surface area contributed by atoms with Crippen LogP contribution in [0.5, 0.6) is 0 Å². The maximum Gasteiger partial charge on any atom is 0.125 e. The van der Waals surface area contributed by atoms with Crippen molar-refractivity contribution in [2.45, 2.75) is 0 Å². The normalized spacial score (nSPS) is 10.2. The highest BCUT2D eigenvalue weighted by Gasteiger charge is 2.09. The molecule has 0 aliphatic rings. The molecule has 0 radical (unpaired) electrons. The molecule has 4 heteroatoms. The Morgan fingerprint density at radius 2 is 2.00 bits per heavy atom. The zero-order valence-corrected chi connectivity index (χ0v) is 10.2. The third-order valence-corrected chi connectivity index (χ3v) is 3.48. The molecule has 0 bridgehead atoms. The van der Waals surface area contributed by atoms with Crippen LogP contribution in [0.15, 0.2) is 48.0 Å². The largest absolute Gasteiger partial charge is 0.354 e. The predicted molar refractivity (Wildman–Crippen MR) is 74.1 cm³/mol. The van der Waals surface area contributed by atoms with Gasteiger partial charge in [-0.1, -0.05) is 18.2 Å². The first-order chi connectivity index (χ1) is 8.88. The second-order valence-corrected chi connectivity index (χ2v) is 4.68. The van der Waals surface area contributed by atoms with E-state index in [4.69, 9.17) is 5.26 Å². The van der Waals surface area contributed by atoms with Gasteiger partial charge in [0.15, 0.2) is 0 Å². The van der Waals surface area contributed by atoms with Crippen LogP contribution >= 0.6 is 11.3 Å². The topological polar surface area (TPSA) is 48.7 Å². The summed E-state index contributed by atoms with van der Waals surface area (Å²) >= 11 is 1.57. The standard InChI is InChI=1S/C14H9N3S/c15-8-10-9-16-14-12(6-7-18-14)13(10)17-11-4-2-1-3-5-11/h1-7,9H,(H,16,17). The van der Waals surface area contributed by atoms with Crippen molar-refractivity contribution in [1.82, 2.24) is 4.98 Å². The molecule has 0 spiro atoms. The first kappa shape index (κ1) is 10.8. The number of para-hydroxylation sites is 1. The van der Waals surface area contributed by atoms with Crippen molar-refractivity contribution < 1.29 is 0 Å². The minimum atomic E-state index is 0.560. The average Bonchev–Trinajstić information content (AvgIpc) is 2.89. The molecule has 0 fully saturated rings. The summed E-state index contributed by atoms with van der Waals surface area (Å²) in [5.41, 5.74) is 2.35. The quantitative estimate of drug-likeness (QED) is 0.751. The lowest BCUT2D eigenvalue weighted by molar-refractivity contribution is 1.38. The molecule has 0 aliphatic heterocycles. The first-order valence-electron chi connectivity index (χ1n) is 5.47. The van der Waals surface area contributed by atoms with Gasteiger partial charge in [-0.05, 0) is 23.6 Å². The molecule has 3 rings (SSSR count). The van der Waals surface area contributed by atoms with Crippen molar-refractivity contribution in [2.75, 3.05) is 5.32 Å². The van der Waals surface area contributed by atoms with Gasteiger partial charge in [0.25, 0.3) is 0 Å². The van der Waals surface area contributed by atoms with E-state index in [9.17, 15) is 0 Å². The zero-order chi connectivity index (χ0) is 12.4. The summed E-state index contributed by atoms with van der Waals surface area (Å²) in [7, 11) is 0. The van der Waals surface area contributed by atoms with Gasteiger partial charge in [0.1, 0.15) is 10.9 Å². The van der Waals surface area contributed by atoms with Crippen molar-refractivity contribution >= 4 is 32.9 Å². The number of pyridine rings is 1. The van der Waals surface area contributed by atoms with E-state index >= 15 is 0 Å². The Kier molecular flexibility index (Phi) is 2.67. The summed E-state index contributed by atoms with van der Waals surface area (Å²) in [6.45, 7) is 0. The van der Waals surface area contributed by atoms with Gasteiger partial charge in [-0.2, -0.15) is 5.26 Å². The van der Waals surface area contributed by atoms with Gasteiger partial charge in [0.05, 0.1) is 11.3 Å². The van der Waals surface area contributed by atoms with Crippen LogP contribution in [0.4, 0.5) is 11.4 Å². The molecule has 0 unspecified atom stereocenters. The Bertz CT molecular complexity index is 726. The number of hydrogen-bond acceptors (Lipinski definition) is 4. The summed E-state index contributed by atoms with van der Waals surface area (Å²) < 4.78 is 0. The van der Waals surface area contributed by atoms with Gasteiger partial charge in [-0.25, -0.2) is 4.98 Å². The molecule has 1 aromatic carbocycles. The zero-order valence-electron chi connectivity index (χ0n) is 9.42. The number of hydrogen-bond donors (Lipinski definition) is 1. The van der Waals surface area contributed by atoms with Crippen LogP contribution in [0.2, 0.25) is 0 Å². The minimum absolute atomic E-state index is 0.560. The van der Waals surface area contributed by atoms with Crippen LogP contribution in [-0.4, -0.2) is 4.98 Å². The van der Waals surface area contributed by atoms with Crippen molar-refractivity contribution in [3.05, 3.63) is 53.5 Å². The Morgan fingerprint density at radius 1 is 1.17 bits per heavy atom. The van der Waals surface area contributed by atoms with Crippen LogP contribution in [-0.2, 0) is 0 Å². The summed E-state index contributed by atoms with van der Waals surface area (Å²) in [6, 6.07) is 14.0. The molecular weight excluding hydrogens is 242 g/mol. The maximum atomic E-state index is 9.17. The lowest BCUT2D eigenvalue weighted by Gasteiger charge is -2.09. The van der Waals surface area contributed by atoms with E-state index in [0.29, 0.717) is 5.56 Å². The van der Waals surface area contributed by atoms with Gasteiger partial charge < -0.3 is 5.32 Å². The Labute approximate surface area is 108 Å². The summed E-state index contributed by atoms with van der Waals surface area (Å²) in [5.74, 6) is 0. The van der Waals surface area contributed by atoms with E-state index in [-0.39, 0.29) is 0 Å². The van der Waals surface area contributed by atoms with E-state index in [1.54, 1.807) is 17.5 Å². The predicted octanol–water partition coefficient (Wildman–Crippen LogP) is 3.91. The fourth-order valence-corrected chi connectivity index (χ4v) is 2.55. The molecule has 18 heavy (non-hydrogen) atoms. The molecule has 3 nitrogen and oxygen atoms in total. The highest BCUT2D eigenvalue weighted by Crippen LogP contribution is 2.31. The molecule has 2 heterocycles. The van der Waals surface area contributed by atoms with E-state index in [1.165, 1.54) is 0 Å². The fraction of sp³-hybridized carbons (Fsp3) is 0. The number of rotatable bonds is 2. The van der Waals surface area contributed by atoms with Crippen LogP contribution < -0.4 is 5.32 Å². The van der Waals surface area contributed by atoms with Crippen LogP contribution in [0.1, 0.15) is 5.56 Å². The van der Waals surface area contributed by atoms with Gasteiger partial charge in [-0.3, -0.25) is 0 Å². The summed E-state index contributed by atoms with van der Waals surface area (Å²) in [6.07, 6.45) is 1.62. The van der Waals surface area contributed by atoms with Crippen LogP contribution in [0, 0.1) is 11.3 Å². The highest BCUT2D eigenvalue weighted by atomic mass is 32.1. The first-order valence-corrected chi connectivity index (χ1v) is 6.35. The van der Waals surface area contributed by atoms with Crippen molar-refractivity contribution in [1.29, 1.82) is 5.26 Å². The number of aromatic nitrogens is 1. The second kappa shape index (κ2) is 4.47. The number of nitrogens with zero attached hydrogens (tertiary/aromatic N) is 2. The molecule has 2 aromatic heterocycles. The lowest BCUT2D eigenvalue weighted by atomic mass is 10.2.